The molecule has 1 aliphatic rings. The maximum atomic E-state index is 14.0. The average molecular weight is 576 g/mol. The van der Waals surface area contributed by atoms with E-state index in [1.165, 1.54) is 10.4 Å². The molecule has 0 bridgehead atoms. The Morgan fingerprint density at radius 1 is 1.10 bits per heavy atom. The van der Waals surface area contributed by atoms with Crippen molar-refractivity contribution in [2.45, 2.75) is 76.0 Å². The maximum Gasteiger partial charge on any atom is 0.246 e. The Morgan fingerprint density at radius 3 is 2.42 bits per heavy atom. The van der Waals surface area contributed by atoms with Crippen LogP contribution in [0.25, 0.3) is 0 Å². The number of aliphatic hydroxyl groups is 1. The molecule has 1 N–H and O–H groups in total. The number of para-hydroxylation sites is 1. The van der Waals surface area contributed by atoms with E-state index in [9.17, 15) is 28.2 Å². The zero-order chi connectivity index (χ0) is 29.5. The number of aliphatic hydroxyl groups excluding tert-OH is 1. The van der Waals surface area contributed by atoms with E-state index in [1.54, 1.807) is 32.9 Å². The molecule has 11 heteroatoms. The predicted octanol–water partition coefficient (Wildman–Crippen LogP) is 2.83. The van der Waals surface area contributed by atoms with Gasteiger partial charge in [0.1, 0.15) is 17.3 Å². The zero-order valence-electron chi connectivity index (χ0n) is 23.5. The Balaban J connectivity index is 1.99. The van der Waals surface area contributed by atoms with Crippen LogP contribution in [0.4, 0.5) is 4.79 Å². The third kappa shape index (κ3) is 7.74. The second-order valence-corrected chi connectivity index (χ2v) is 13.0. The summed E-state index contributed by atoms with van der Waals surface area (Å²) in [4.78, 5) is 24.2. The largest absolute Gasteiger partial charge is 0.530 e. The van der Waals surface area contributed by atoms with Crippen LogP contribution in [0.3, 0.4) is 0 Å². The quantitative estimate of drug-likeness (QED) is 0.340. The van der Waals surface area contributed by atoms with E-state index in [4.69, 9.17) is 9.47 Å². The second-order valence-electron chi connectivity index (χ2n) is 11.1. The van der Waals surface area contributed by atoms with Gasteiger partial charge in [-0.3, -0.25) is 0 Å². The number of nitrogens with zero attached hydrogens (tertiary/aromatic N) is 2. The van der Waals surface area contributed by atoms with Gasteiger partial charge in [-0.1, -0.05) is 43.3 Å². The number of benzene rings is 2. The summed E-state index contributed by atoms with van der Waals surface area (Å²) in [5, 5.41) is 23.9. The Labute approximate surface area is 236 Å². The van der Waals surface area contributed by atoms with E-state index in [0.717, 1.165) is 16.7 Å². The van der Waals surface area contributed by atoms with Crippen LogP contribution in [0.2, 0.25) is 0 Å². The molecule has 0 aromatic heterocycles. The molecule has 220 valence electrons. The summed E-state index contributed by atoms with van der Waals surface area (Å²) < 4.78 is 40.0. The van der Waals surface area contributed by atoms with Crippen LogP contribution in [0.15, 0.2) is 53.4 Å². The van der Waals surface area contributed by atoms with Gasteiger partial charge in [0.05, 0.1) is 12.1 Å². The van der Waals surface area contributed by atoms with Gasteiger partial charge >= 0.3 is 0 Å². The lowest BCUT2D eigenvalue weighted by Crippen LogP contribution is -2.62. The number of hydrogen-bond acceptors (Lipinski definition) is 8. The van der Waals surface area contributed by atoms with Crippen molar-refractivity contribution in [2.24, 2.45) is 5.92 Å². The number of fused-ring (bicyclic) bond motifs is 1. The summed E-state index contributed by atoms with van der Waals surface area (Å²) in [6, 6.07) is 12.7. The molecular weight excluding hydrogens is 536 g/mol. The van der Waals surface area contributed by atoms with Gasteiger partial charge < -0.3 is 34.2 Å². The van der Waals surface area contributed by atoms with E-state index >= 15 is 0 Å². The van der Waals surface area contributed by atoms with Crippen LogP contribution in [-0.4, -0.2) is 72.7 Å². The first-order chi connectivity index (χ1) is 18.9. The number of sulfonamides is 1. The minimum Gasteiger partial charge on any atom is -0.530 e. The van der Waals surface area contributed by atoms with Crippen LogP contribution in [0.1, 0.15) is 52.5 Å². The molecule has 1 aliphatic heterocycles. The second kappa shape index (κ2) is 13.5. The van der Waals surface area contributed by atoms with Crippen LogP contribution < -0.4 is 14.6 Å². The number of carbonyl (C=O) groups is 2. The van der Waals surface area contributed by atoms with Crippen LogP contribution >= 0.6 is 0 Å². The van der Waals surface area contributed by atoms with Crippen LogP contribution in [0, 0.1) is 5.92 Å². The number of aldehydes is 1. The molecule has 1 unspecified atom stereocenters. The lowest BCUT2D eigenvalue weighted by molar-refractivity contribution is -0.275. The Morgan fingerprint density at radius 2 is 1.80 bits per heavy atom. The summed E-state index contributed by atoms with van der Waals surface area (Å²) in [6.45, 7) is 6.58. The minimum absolute atomic E-state index is 0.0375. The molecule has 0 radical (unpaired) electrons. The number of carbonyl (C=O) groups excluding carboxylic acids is 2. The molecular formula is C29H39N2O8S-. The van der Waals surface area contributed by atoms with Gasteiger partial charge in [-0.25, -0.2) is 8.42 Å². The molecule has 2 aromatic carbocycles. The van der Waals surface area contributed by atoms with Gasteiger partial charge in [-0.05, 0) is 63.6 Å². The molecule has 0 saturated carbocycles. The molecule has 10 nitrogen and oxygen atoms in total. The molecule has 2 aromatic rings. The van der Waals surface area contributed by atoms with Gasteiger partial charge in [0.25, 0.3) is 0 Å². The average Bonchev–Trinajstić information content (AvgIpc) is 3.37. The first-order valence-electron chi connectivity index (χ1n) is 13.4. The highest BCUT2D eigenvalue weighted by Crippen LogP contribution is 2.39. The summed E-state index contributed by atoms with van der Waals surface area (Å²) in [5.41, 5.74) is -0.150. The fraction of sp³-hybridized carbons (Fsp3) is 0.517. The highest BCUT2D eigenvalue weighted by atomic mass is 32.2. The van der Waals surface area contributed by atoms with Crippen molar-refractivity contribution in [3.05, 3.63) is 54.1 Å². The standard InChI is InChI=1S/C29H40N2O8S/c1-21(10-9-17-32)15-16-30(40(36,37)26-14-8-13-25-27(26)39-20-38-25)19-24(33)23(18-22-11-6-5-7-12-22)31(28(34)35)29(2,3)4/h5-8,11-14,17,21,23-24,33H,9-10,15-16,18-20H2,1-4H3,(H,34,35)/p-1/t21?,23-,24+/m0/s1. The van der Waals surface area contributed by atoms with Crippen molar-refractivity contribution in [1.82, 2.24) is 9.21 Å². The molecule has 0 aliphatic carbocycles. The number of hydrogen-bond donors (Lipinski definition) is 1. The first kappa shape index (κ1) is 31.4. The fourth-order valence-electron chi connectivity index (χ4n) is 4.91. The van der Waals surface area contributed by atoms with Gasteiger partial charge in [0, 0.05) is 25.0 Å². The number of carboxylic acid groups (broad SMARTS) is 1. The molecule has 0 fully saturated rings. The van der Waals surface area contributed by atoms with Crippen molar-refractivity contribution < 1.29 is 37.7 Å². The number of ether oxygens (including phenoxy) is 2. The number of amides is 1. The van der Waals surface area contributed by atoms with E-state index < -0.39 is 33.8 Å². The van der Waals surface area contributed by atoms with Crippen molar-refractivity contribution in [1.29, 1.82) is 0 Å². The van der Waals surface area contributed by atoms with Crippen molar-refractivity contribution >= 4 is 22.4 Å². The minimum atomic E-state index is -4.21. The normalized spacial score (nSPS) is 15.4. The van der Waals surface area contributed by atoms with Gasteiger partial charge in [0.2, 0.25) is 16.8 Å². The van der Waals surface area contributed by atoms with Crippen LogP contribution in [-0.2, 0) is 21.2 Å². The highest BCUT2D eigenvalue weighted by Gasteiger charge is 2.38. The van der Waals surface area contributed by atoms with Crippen molar-refractivity contribution in [2.75, 3.05) is 19.9 Å². The Bertz CT molecular complexity index is 1250. The lowest BCUT2D eigenvalue weighted by atomic mass is 9.94. The predicted molar refractivity (Wildman–Crippen MR) is 147 cm³/mol. The summed E-state index contributed by atoms with van der Waals surface area (Å²) >= 11 is 0. The number of rotatable bonds is 14. The summed E-state index contributed by atoms with van der Waals surface area (Å²) in [7, 11) is -4.21. The lowest BCUT2D eigenvalue weighted by Gasteiger charge is -2.46. The fourth-order valence-corrected chi connectivity index (χ4v) is 6.53. The molecule has 1 heterocycles. The molecule has 0 saturated heterocycles. The summed E-state index contributed by atoms with van der Waals surface area (Å²) in [6.07, 6.45) is -0.500. The van der Waals surface area contributed by atoms with Gasteiger partial charge in [0.15, 0.2) is 11.5 Å². The third-order valence-electron chi connectivity index (χ3n) is 7.00. The molecule has 40 heavy (non-hydrogen) atoms. The Kier molecular flexibility index (Phi) is 10.6. The van der Waals surface area contributed by atoms with Crippen molar-refractivity contribution in [3.8, 4) is 11.5 Å². The van der Waals surface area contributed by atoms with Gasteiger partial charge in [-0.15, -0.1) is 0 Å². The smallest absolute Gasteiger partial charge is 0.246 e. The molecule has 0 spiro atoms. The van der Waals surface area contributed by atoms with Crippen LogP contribution in [0.5, 0.6) is 11.5 Å². The SMILES string of the molecule is CC(CCC=O)CCN(C[C@@H](O)[C@H](Cc1ccccc1)N(C(=O)[O-])C(C)(C)C)S(=O)(=O)c1cccc2c1OCO2. The third-order valence-corrected chi connectivity index (χ3v) is 8.89. The maximum absolute atomic E-state index is 14.0. The molecule has 1 amide bonds. The monoisotopic (exact) mass is 575 g/mol. The topological polar surface area (TPSA) is 137 Å². The molecule has 3 rings (SSSR count). The zero-order valence-corrected chi connectivity index (χ0v) is 24.3. The van der Waals surface area contributed by atoms with Gasteiger partial charge in [-0.2, -0.15) is 4.31 Å². The van der Waals surface area contributed by atoms with E-state index in [1.807, 2.05) is 37.3 Å². The molecule has 3 atom stereocenters. The first-order valence-corrected chi connectivity index (χ1v) is 14.8. The van der Waals surface area contributed by atoms with E-state index in [2.05, 4.69) is 0 Å². The summed E-state index contributed by atoms with van der Waals surface area (Å²) in [5.74, 6) is 0.442. The van der Waals surface area contributed by atoms with Crippen molar-refractivity contribution in [3.63, 3.8) is 0 Å². The van der Waals surface area contributed by atoms with E-state index in [-0.39, 0.29) is 42.9 Å². The van der Waals surface area contributed by atoms with E-state index in [0.29, 0.717) is 25.0 Å². The highest BCUT2D eigenvalue weighted by molar-refractivity contribution is 7.89. The Hall–Kier alpha value is -3.15.